The van der Waals surface area contributed by atoms with E-state index in [1.54, 1.807) is 6.07 Å². The molecule has 0 aromatic heterocycles. The first-order valence-corrected chi connectivity index (χ1v) is 10.3. The number of benzene rings is 2. The first kappa shape index (κ1) is 20.5. The maximum absolute atomic E-state index is 10.6. The fourth-order valence-electron chi connectivity index (χ4n) is 5.25. The number of anilines is 1. The van der Waals surface area contributed by atoms with Crippen molar-refractivity contribution in [2.45, 2.75) is 37.6 Å². The molecule has 4 N–H and O–H groups in total. The molecule has 7 heteroatoms. The van der Waals surface area contributed by atoms with E-state index in [0.29, 0.717) is 11.9 Å². The molecule has 1 amide bonds. The minimum Gasteiger partial charge on any atom is -0.508 e. The van der Waals surface area contributed by atoms with Crippen LogP contribution in [0, 0.1) is 0 Å². The van der Waals surface area contributed by atoms with E-state index < -0.39 is 12.3 Å². The smallest absolute Gasteiger partial charge is 0.406 e. The number of amides is 1. The highest BCUT2D eigenvalue weighted by molar-refractivity contribution is 5.66. The zero-order valence-corrected chi connectivity index (χ0v) is 17.8. The Kier molecular flexibility index (Phi) is 5.34. The van der Waals surface area contributed by atoms with E-state index in [1.807, 2.05) is 36.4 Å². The highest BCUT2D eigenvalue weighted by atomic mass is 16.6. The zero-order valence-electron chi connectivity index (χ0n) is 17.8. The Labute approximate surface area is 177 Å². The molecule has 30 heavy (non-hydrogen) atoms. The van der Waals surface area contributed by atoms with Crippen LogP contribution in [0.5, 0.6) is 5.75 Å². The van der Waals surface area contributed by atoms with Crippen LogP contribution in [-0.4, -0.2) is 49.5 Å². The molecule has 3 aliphatic heterocycles. The predicted octanol–water partition coefficient (Wildman–Crippen LogP) is 2.69. The molecule has 7 nitrogen and oxygen atoms in total. The lowest BCUT2D eigenvalue weighted by Crippen LogP contribution is -2.45. The molecule has 1 saturated heterocycles. The fourth-order valence-corrected chi connectivity index (χ4v) is 5.25. The third kappa shape index (κ3) is 3.48. The van der Waals surface area contributed by atoms with Crippen LogP contribution in [0.1, 0.15) is 36.3 Å². The summed E-state index contributed by atoms with van der Waals surface area (Å²) in [4.78, 5) is 15.4. The van der Waals surface area contributed by atoms with E-state index in [1.165, 1.54) is 16.8 Å². The van der Waals surface area contributed by atoms with E-state index in [0.717, 1.165) is 31.5 Å². The second-order valence-electron chi connectivity index (χ2n) is 8.55. The number of likely N-dealkylation sites (N-methyl/N-ethyl adjacent to an activating group) is 2. The van der Waals surface area contributed by atoms with Gasteiger partial charge in [0.2, 0.25) is 0 Å². The number of primary amides is 1. The van der Waals surface area contributed by atoms with Gasteiger partial charge >= 0.3 is 6.09 Å². The number of ether oxygens (including phenoxy) is 1. The number of hydrogen-bond acceptors (Lipinski definition) is 6. The quantitative estimate of drug-likeness (QED) is 0.670. The number of nitrogens with zero attached hydrogens (tertiary/aromatic N) is 2. The van der Waals surface area contributed by atoms with Gasteiger partial charge in [0.1, 0.15) is 5.75 Å². The van der Waals surface area contributed by atoms with E-state index in [9.17, 15) is 9.90 Å². The van der Waals surface area contributed by atoms with Gasteiger partial charge in [-0.25, -0.2) is 4.79 Å². The summed E-state index contributed by atoms with van der Waals surface area (Å²) < 4.78 is 4.95. The molecule has 0 aliphatic carbocycles. The van der Waals surface area contributed by atoms with Crippen LogP contribution in [0.2, 0.25) is 0 Å². The maximum atomic E-state index is 10.6. The van der Waals surface area contributed by atoms with Crippen LogP contribution in [0.25, 0.3) is 0 Å². The number of fused-ring (bicyclic) bond motifs is 4. The van der Waals surface area contributed by atoms with Crippen molar-refractivity contribution >= 4 is 11.8 Å². The largest absolute Gasteiger partial charge is 0.508 e. The van der Waals surface area contributed by atoms with Gasteiger partial charge in [0.05, 0.1) is 6.17 Å². The number of carbonyl (C=O) groups is 1. The van der Waals surface area contributed by atoms with E-state index in [2.05, 4.69) is 36.1 Å². The lowest BCUT2D eigenvalue weighted by atomic mass is 9.81. The molecule has 3 heterocycles. The van der Waals surface area contributed by atoms with Gasteiger partial charge in [-0.05, 0) is 49.2 Å². The van der Waals surface area contributed by atoms with Gasteiger partial charge in [-0.3, -0.25) is 10.2 Å². The normalized spacial score (nSPS) is 26.8. The van der Waals surface area contributed by atoms with Crippen LogP contribution in [0.4, 0.5) is 10.5 Å². The third-order valence-corrected chi connectivity index (χ3v) is 6.61. The molecule has 160 valence electrons. The van der Waals surface area contributed by atoms with Crippen molar-refractivity contribution in [2.75, 3.05) is 32.1 Å². The van der Waals surface area contributed by atoms with Crippen molar-refractivity contribution in [3.05, 3.63) is 59.2 Å². The van der Waals surface area contributed by atoms with Gasteiger partial charge in [-0.2, -0.15) is 0 Å². The molecule has 1 unspecified atom stereocenters. The Morgan fingerprint density at radius 1 is 1.27 bits per heavy atom. The van der Waals surface area contributed by atoms with Gasteiger partial charge < -0.3 is 20.5 Å². The first-order valence-electron chi connectivity index (χ1n) is 10.3. The second kappa shape index (κ2) is 7.81. The average Bonchev–Trinajstić information content (AvgIpc) is 3.14. The predicted molar refractivity (Wildman–Crippen MR) is 116 cm³/mol. The van der Waals surface area contributed by atoms with Crippen molar-refractivity contribution < 1.29 is 14.6 Å². The molecule has 2 aromatic rings. The zero-order chi connectivity index (χ0) is 21.5. The number of rotatable bonds is 1. The summed E-state index contributed by atoms with van der Waals surface area (Å²) in [5.74, 6) is 0.378. The van der Waals surface area contributed by atoms with Gasteiger partial charge in [0.25, 0.3) is 0 Å². The van der Waals surface area contributed by atoms with Crippen LogP contribution in [-0.2, 0) is 16.6 Å². The Morgan fingerprint density at radius 3 is 2.80 bits per heavy atom. The number of nitrogens with one attached hydrogen (secondary N) is 1. The molecule has 5 rings (SSSR count). The minimum atomic E-state index is -0.751. The molecule has 3 aliphatic rings. The van der Waals surface area contributed by atoms with Crippen molar-refractivity contribution in [2.24, 2.45) is 5.73 Å². The van der Waals surface area contributed by atoms with Crippen LogP contribution >= 0.6 is 0 Å². The van der Waals surface area contributed by atoms with Crippen molar-refractivity contribution in [3.8, 4) is 5.75 Å². The van der Waals surface area contributed by atoms with Crippen LogP contribution in [0.3, 0.4) is 0 Å². The Bertz CT molecular complexity index is 950. The Balaban J connectivity index is 0.000000147. The number of phenols is 1. The molecule has 0 saturated carbocycles. The summed E-state index contributed by atoms with van der Waals surface area (Å²) in [6.07, 6.45) is 1.41. The maximum Gasteiger partial charge on any atom is 0.406 e. The molecule has 0 spiro atoms. The van der Waals surface area contributed by atoms with E-state index in [-0.39, 0.29) is 5.41 Å². The number of phenolic OH excluding ortho intramolecular Hbond substituents is 1. The van der Waals surface area contributed by atoms with Gasteiger partial charge in [-0.1, -0.05) is 31.2 Å². The molecule has 0 bridgehead atoms. The highest BCUT2D eigenvalue weighted by Gasteiger charge is 2.52. The summed E-state index contributed by atoms with van der Waals surface area (Å²) in [6.45, 7) is 4.23. The topological polar surface area (TPSA) is 91.1 Å². The molecule has 0 radical (unpaired) electrons. The lowest BCUT2D eigenvalue weighted by Gasteiger charge is -2.32. The summed E-state index contributed by atoms with van der Waals surface area (Å²) >= 11 is 0. The van der Waals surface area contributed by atoms with Crippen molar-refractivity contribution in [3.63, 3.8) is 0 Å². The number of nitrogens with two attached hydrogens (primary N) is 1. The SMILES string of the molecule is CN1CC[C@@]2(C)c3cc(O)ccc3N(C)[C@@H]12.NC(=O)OC1NCCc2ccccc21. The monoisotopic (exact) mass is 410 g/mol. The summed E-state index contributed by atoms with van der Waals surface area (Å²) in [5, 5.41) is 12.7. The Morgan fingerprint density at radius 2 is 2.03 bits per heavy atom. The minimum absolute atomic E-state index is 0.164. The lowest BCUT2D eigenvalue weighted by molar-refractivity contribution is 0.0816. The molecule has 3 atom stereocenters. The van der Waals surface area contributed by atoms with Gasteiger partial charge in [-0.15, -0.1) is 0 Å². The summed E-state index contributed by atoms with van der Waals surface area (Å²) in [6, 6.07) is 13.6. The molecule has 1 fully saturated rings. The second-order valence-corrected chi connectivity index (χ2v) is 8.55. The Hall–Kier alpha value is -2.77. The molecular weight excluding hydrogens is 380 g/mol. The third-order valence-electron chi connectivity index (χ3n) is 6.61. The highest BCUT2D eigenvalue weighted by Crippen LogP contribution is 2.51. The fraction of sp³-hybridized carbons (Fsp3) is 0.435. The van der Waals surface area contributed by atoms with Crippen LogP contribution in [0.15, 0.2) is 42.5 Å². The number of hydrogen-bond donors (Lipinski definition) is 3. The number of aromatic hydroxyl groups is 1. The van der Waals surface area contributed by atoms with E-state index >= 15 is 0 Å². The van der Waals surface area contributed by atoms with E-state index in [4.69, 9.17) is 10.5 Å². The van der Waals surface area contributed by atoms with Crippen LogP contribution < -0.4 is 16.0 Å². The molecule has 2 aromatic carbocycles. The average molecular weight is 411 g/mol. The molecular formula is C23H30N4O3. The number of carbonyl (C=O) groups excluding carboxylic acids is 1. The number of likely N-dealkylation sites (tertiary alicyclic amines) is 1. The van der Waals surface area contributed by atoms with Crippen molar-refractivity contribution in [1.82, 2.24) is 10.2 Å². The van der Waals surface area contributed by atoms with Crippen molar-refractivity contribution in [1.29, 1.82) is 0 Å². The van der Waals surface area contributed by atoms with Gasteiger partial charge in [0.15, 0.2) is 6.23 Å². The first-order chi connectivity index (χ1) is 14.3. The summed E-state index contributed by atoms with van der Waals surface area (Å²) in [5.41, 5.74) is 9.90. The van der Waals surface area contributed by atoms with Gasteiger partial charge in [0, 0.05) is 36.8 Å². The standard InChI is InChI=1S/C13H18N2O.C10H12N2O2/c1-13-6-7-14(2)12(13)15(3)11-5-4-9(16)8-10(11)13;11-10(13)14-9-8-4-2-1-3-7(8)5-6-12-9/h4-5,8,12,16H,6-7H2,1-3H3;1-4,9,12H,5-6H2,(H2,11,13)/t12-,13+;/m1./s1. The summed E-state index contributed by atoms with van der Waals surface area (Å²) in [7, 11) is 4.33.